The van der Waals surface area contributed by atoms with Crippen molar-refractivity contribution < 1.29 is 27.5 Å². The van der Waals surface area contributed by atoms with Crippen molar-refractivity contribution in [1.29, 1.82) is 0 Å². The highest BCUT2D eigenvalue weighted by Gasteiger charge is 2.52. The molecule has 0 saturated carbocycles. The van der Waals surface area contributed by atoms with Gasteiger partial charge in [-0.3, -0.25) is 9.69 Å². The standard InChI is InChI=1S/C16H17F3N2O3S/c17-16(18,19)11-3-1-4-12(9-11)24-7-2-6-21-13(22)15(20-14(21)23)5-8-25-10-15/h1,3-4,9H,2,5-8,10H2,(H,20,23). The Hall–Kier alpha value is -1.90. The maximum Gasteiger partial charge on any atom is 0.416 e. The Bertz CT molecular complexity index is 675. The summed E-state index contributed by atoms with van der Waals surface area (Å²) < 4.78 is 43.3. The molecule has 0 radical (unpaired) electrons. The maximum atomic E-state index is 12.6. The number of hydrogen-bond acceptors (Lipinski definition) is 4. The Morgan fingerprint density at radius 3 is 2.80 bits per heavy atom. The fourth-order valence-corrected chi connectivity index (χ4v) is 4.21. The summed E-state index contributed by atoms with van der Waals surface area (Å²) in [5, 5.41) is 2.76. The minimum absolute atomic E-state index is 0.107. The summed E-state index contributed by atoms with van der Waals surface area (Å²) in [6, 6.07) is 4.20. The van der Waals surface area contributed by atoms with E-state index in [0.717, 1.165) is 17.9 Å². The van der Waals surface area contributed by atoms with Gasteiger partial charge < -0.3 is 10.1 Å². The van der Waals surface area contributed by atoms with Crippen molar-refractivity contribution in [2.45, 2.75) is 24.6 Å². The van der Waals surface area contributed by atoms with Crippen LogP contribution >= 0.6 is 11.8 Å². The molecular weight excluding hydrogens is 357 g/mol. The van der Waals surface area contributed by atoms with Crippen molar-refractivity contribution in [2.75, 3.05) is 24.7 Å². The highest BCUT2D eigenvalue weighted by Crippen LogP contribution is 2.33. The van der Waals surface area contributed by atoms with Gasteiger partial charge >= 0.3 is 12.2 Å². The van der Waals surface area contributed by atoms with E-state index in [2.05, 4.69) is 5.32 Å². The van der Waals surface area contributed by atoms with Gasteiger partial charge in [0.05, 0.1) is 12.2 Å². The number of carbonyl (C=O) groups is 2. The molecule has 0 aliphatic carbocycles. The Labute approximate surface area is 146 Å². The van der Waals surface area contributed by atoms with E-state index in [1.54, 1.807) is 11.8 Å². The fraction of sp³-hybridized carbons (Fsp3) is 0.500. The number of halogens is 3. The third-order valence-electron chi connectivity index (χ3n) is 4.22. The largest absolute Gasteiger partial charge is 0.494 e. The minimum Gasteiger partial charge on any atom is -0.494 e. The Kier molecular flexibility index (Phi) is 4.86. The molecule has 1 aromatic carbocycles. The van der Waals surface area contributed by atoms with E-state index in [1.165, 1.54) is 17.0 Å². The van der Waals surface area contributed by atoms with Crippen molar-refractivity contribution in [2.24, 2.45) is 0 Å². The van der Waals surface area contributed by atoms with Crippen molar-refractivity contribution in [1.82, 2.24) is 10.2 Å². The number of thioether (sulfide) groups is 1. The van der Waals surface area contributed by atoms with Crippen molar-refractivity contribution >= 4 is 23.7 Å². The number of hydrogen-bond donors (Lipinski definition) is 1. The lowest BCUT2D eigenvalue weighted by molar-refractivity contribution is -0.137. The second-order valence-corrected chi connectivity index (χ2v) is 7.10. The first-order chi connectivity index (χ1) is 11.8. The van der Waals surface area contributed by atoms with Crippen LogP contribution in [-0.2, 0) is 11.0 Å². The summed E-state index contributed by atoms with van der Waals surface area (Å²) in [4.78, 5) is 25.6. The number of urea groups is 1. The molecule has 9 heteroatoms. The first kappa shape index (κ1) is 17.9. The van der Waals surface area contributed by atoms with Crippen LogP contribution in [0, 0.1) is 0 Å². The molecule has 2 saturated heterocycles. The summed E-state index contributed by atoms with van der Waals surface area (Å²) in [6.45, 7) is 0.288. The molecule has 1 atom stereocenters. The van der Waals surface area contributed by atoms with Crippen LogP contribution in [0.2, 0.25) is 0 Å². The van der Waals surface area contributed by atoms with Crippen LogP contribution in [-0.4, -0.2) is 47.0 Å². The zero-order valence-corrected chi connectivity index (χ0v) is 14.1. The summed E-state index contributed by atoms with van der Waals surface area (Å²) in [6.07, 6.45) is -3.45. The molecule has 1 unspecified atom stereocenters. The van der Waals surface area contributed by atoms with Crippen LogP contribution in [0.25, 0.3) is 0 Å². The molecule has 1 spiro atoms. The third kappa shape index (κ3) is 3.70. The molecule has 1 aromatic rings. The van der Waals surface area contributed by atoms with Gasteiger partial charge in [-0.1, -0.05) is 6.07 Å². The van der Waals surface area contributed by atoms with Gasteiger partial charge in [0.2, 0.25) is 0 Å². The van der Waals surface area contributed by atoms with Crippen LogP contribution in [0.3, 0.4) is 0 Å². The van der Waals surface area contributed by atoms with E-state index in [0.29, 0.717) is 18.6 Å². The summed E-state index contributed by atoms with van der Waals surface area (Å²) in [5.41, 5.74) is -1.55. The molecular formula is C16H17F3N2O3S. The van der Waals surface area contributed by atoms with Crippen LogP contribution in [0.15, 0.2) is 24.3 Å². The average molecular weight is 374 g/mol. The smallest absolute Gasteiger partial charge is 0.416 e. The Morgan fingerprint density at radius 1 is 1.32 bits per heavy atom. The van der Waals surface area contributed by atoms with Crippen LogP contribution in [0.5, 0.6) is 5.75 Å². The molecule has 0 aromatic heterocycles. The van der Waals surface area contributed by atoms with Crippen molar-refractivity contribution in [3.8, 4) is 5.75 Å². The number of nitrogens with zero attached hydrogens (tertiary/aromatic N) is 1. The molecule has 25 heavy (non-hydrogen) atoms. The molecule has 2 aliphatic rings. The van der Waals surface area contributed by atoms with E-state index >= 15 is 0 Å². The van der Waals surface area contributed by atoms with E-state index in [9.17, 15) is 22.8 Å². The van der Waals surface area contributed by atoms with Gasteiger partial charge in [0.25, 0.3) is 5.91 Å². The van der Waals surface area contributed by atoms with Crippen LogP contribution in [0.4, 0.5) is 18.0 Å². The zero-order valence-electron chi connectivity index (χ0n) is 13.3. The quantitative estimate of drug-likeness (QED) is 0.636. The number of nitrogens with one attached hydrogen (secondary N) is 1. The summed E-state index contributed by atoms with van der Waals surface area (Å²) in [5.74, 6) is 1.30. The zero-order chi connectivity index (χ0) is 18.1. The van der Waals surface area contributed by atoms with E-state index in [-0.39, 0.29) is 24.8 Å². The van der Waals surface area contributed by atoms with Gasteiger partial charge in [-0.05, 0) is 36.8 Å². The summed E-state index contributed by atoms with van der Waals surface area (Å²) >= 11 is 1.63. The topological polar surface area (TPSA) is 58.6 Å². The molecule has 2 fully saturated rings. The number of alkyl halides is 3. The lowest BCUT2D eigenvalue weighted by Crippen LogP contribution is -2.47. The van der Waals surface area contributed by atoms with E-state index in [4.69, 9.17) is 4.74 Å². The van der Waals surface area contributed by atoms with Crippen molar-refractivity contribution in [3.63, 3.8) is 0 Å². The monoisotopic (exact) mass is 374 g/mol. The van der Waals surface area contributed by atoms with Crippen LogP contribution in [0.1, 0.15) is 18.4 Å². The summed E-state index contributed by atoms with van der Waals surface area (Å²) in [7, 11) is 0. The molecule has 3 rings (SSSR count). The predicted octanol–water partition coefficient (Wildman–Crippen LogP) is 2.90. The van der Waals surface area contributed by atoms with Crippen LogP contribution < -0.4 is 10.1 Å². The third-order valence-corrected chi connectivity index (χ3v) is 5.41. The Balaban J connectivity index is 1.51. The normalized spacial score (nSPS) is 23.4. The van der Waals surface area contributed by atoms with Gasteiger partial charge in [0.15, 0.2) is 0 Å². The molecule has 136 valence electrons. The van der Waals surface area contributed by atoms with Crippen molar-refractivity contribution in [3.05, 3.63) is 29.8 Å². The maximum absolute atomic E-state index is 12.6. The molecule has 2 heterocycles. The molecule has 5 nitrogen and oxygen atoms in total. The second-order valence-electron chi connectivity index (χ2n) is 6.00. The lowest BCUT2D eigenvalue weighted by Gasteiger charge is -2.19. The predicted molar refractivity (Wildman–Crippen MR) is 86.5 cm³/mol. The van der Waals surface area contributed by atoms with Gasteiger partial charge in [0.1, 0.15) is 11.3 Å². The van der Waals surface area contributed by atoms with Gasteiger partial charge in [-0.25, -0.2) is 4.79 Å². The number of carbonyl (C=O) groups excluding carboxylic acids is 2. The number of amides is 3. The number of rotatable bonds is 5. The SMILES string of the molecule is O=C1NC2(CCSC2)C(=O)N1CCCOc1cccc(C(F)(F)F)c1. The molecule has 3 amide bonds. The first-order valence-corrected chi connectivity index (χ1v) is 8.99. The minimum atomic E-state index is -4.42. The number of benzene rings is 1. The lowest BCUT2D eigenvalue weighted by atomic mass is 9.99. The molecule has 2 aliphatic heterocycles. The van der Waals surface area contributed by atoms with E-state index < -0.39 is 23.3 Å². The second kappa shape index (κ2) is 6.78. The highest BCUT2D eigenvalue weighted by molar-refractivity contribution is 7.99. The Morgan fingerprint density at radius 2 is 2.12 bits per heavy atom. The molecule has 0 bridgehead atoms. The average Bonchev–Trinajstić information content (AvgIpc) is 3.11. The van der Waals surface area contributed by atoms with Gasteiger partial charge in [-0.15, -0.1) is 0 Å². The van der Waals surface area contributed by atoms with Gasteiger partial charge in [-0.2, -0.15) is 24.9 Å². The number of ether oxygens (including phenoxy) is 1. The van der Waals surface area contributed by atoms with Gasteiger partial charge in [0, 0.05) is 12.3 Å². The fourth-order valence-electron chi connectivity index (χ4n) is 2.89. The number of imide groups is 1. The molecule has 1 N–H and O–H groups in total. The highest BCUT2D eigenvalue weighted by atomic mass is 32.2. The first-order valence-electron chi connectivity index (χ1n) is 7.84. The van der Waals surface area contributed by atoms with E-state index in [1.807, 2.05) is 0 Å².